The summed E-state index contributed by atoms with van der Waals surface area (Å²) in [7, 11) is 0. The molecular weight excluding hydrogens is 332 g/mol. The molecule has 0 aliphatic heterocycles. The minimum atomic E-state index is -0.662. The standard InChI is InChI=1S/C19H18N4O3/c1-8-4-5-12(24)9(2)15(8)23-17(20)14(18(21)25)13-16-11(6-7-26-16)10(3)22-19(13)23/h4-7,24H,20H2,1-3H3,(H2,21,25). The molecule has 0 atom stereocenters. The third-order valence-electron chi connectivity index (χ3n) is 4.81. The topological polar surface area (TPSA) is 120 Å². The Morgan fingerprint density at radius 1 is 1.23 bits per heavy atom. The lowest BCUT2D eigenvalue weighted by Crippen LogP contribution is -2.14. The van der Waals surface area contributed by atoms with Crippen molar-refractivity contribution in [2.75, 3.05) is 5.73 Å². The number of nitrogen functional groups attached to an aromatic ring is 1. The van der Waals surface area contributed by atoms with Crippen LogP contribution in [-0.2, 0) is 0 Å². The molecule has 4 aromatic rings. The average molecular weight is 350 g/mol. The number of phenolic OH excluding ortho intramolecular Hbond substituents is 1. The van der Waals surface area contributed by atoms with Crippen molar-refractivity contribution >= 4 is 33.7 Å². The summed E-state index contributed by atoms with van der Waals surface area (Å²) in [5.41, 5.74) is 16.0. The van der Waals surface area contributed by atoms with Crippen LogP contribution in [0.2, 0.25) is 0 Å². The van der Waals surface area contributed by atoms with E-state index in [4.69, 9.17) is 15.9 Å². The molecular formula is C19H18N4O3. The molecule has 5 N–H and O–H groups in total. The fourth-order valence-corrected chi connectivity index (χ4v) is 3.55. The number of nitrogens with two attached hydrogens (primary N) is 2. The minimum absolute atomic E-state index is 0.128. The Kier molecular flexibility index (Phi) is 3.24. The molecule has 4 rings (SSSR count). The second-order valence-electron chi connectivity index (χ2n) is 6.39. The van der Waals surface area contributed by atoms with Gasteiger partial charge in [0, 0.05) is 10.9 Å². The zero-order valence-corrected chi connectivity index (χ0v) is 14.6. The van der Waals surface area contributed by atoms with Gasteiger partial charge in [-0.05, 0) is 38.5 Å². The highest BCUT2D eigenvalue weighted by molar-refractivity contribution is 6.18. The molecule has 0 saturated carbocycles. The second kappa shape index (κ2) is 5.26. The number of nitrogens with zero attached hydrogens (tertiary/aromatic N) is 2. The molecule has 0 spiro atoms. The number of aryl methyl sites for hydroxylation is 2. The van der Waals surface area contributed by atoms with Crippen molar-refractivity contribution in [1.29, 1.82) is 0 Å². The molecule has 0 fully saturated rings. The molecule has 0 aliphatic carbocycles. The number of primary amides is 1. The van der Waals surface area contributed by atoms with Gasteiger partial charge in [-0.25, -0.2) is 4.98 Å². The first-order chi connectivity index (χ1) is 12.3. The molecule has 0 unspecified atom stereocenters. The van der Waals surface area contributed by atoms with Crippen molar-refractivity contribution in [1.82, 2.24) is 9.55 Å². The summed E-state index contributed by atoms with van der Waals surface area (Å²) in [6, 6.07) is 5.19. The lowest BCUT2D eigenvalue weighted by atomic mass is 10.1. The maximum Gasteiger partial charge on any atom is 0.253 e. The number of anilines is 1. The predicted molar refractivity (Wildman–Crippen MR) is 99.6 cm³/mol. The number of phenols is 1. The average Bonchev–Trinajstić information content (AvgIpc) is 3.16. The third-order valence-corrected chi connectivity index (χ3v) is 4.81. The smallest absolute Gasteiger partial charge is 0.253 e. The fraction of sp³-hybridized carbons (Fsp3) is 0.158. The number of benzene rings is 1. The van der Waals surface area contributed by atoms with E-state index < -0.39 is 5.91 Å². The Hall–Kier alpha value is -3.48. The summed E-state index contributed by atoms with van der Waals surface area (Å²) in [4.78, 5) is 16.8. The molecule has 7 heteroatoms. The Bertz CT molecular complexity index is 1220. The molecule has 0 saturated heterocycles. The van der Waals surface area contributed by atoms with Gasteiger partial charge in [0.25, 0.3) is 5.91 Å². The molecule has 0 bridgehead atoms. The maximum atomic E-state index is 12.2. The normalized spacial score (nSPS) is 11.5. The van der Waals surface area contributed by atoms with E-state index in [1.807, 2.05) is 13.8 Å². The van der Waals surface area contributed by atoms with Gasteiger partial charge >= 0.3 is 0 Å². The number of carbonyl (C=O) groups is 1. The number of pyridine rings is 1. The van der Waals surface area contributed by atoms with Crippen LogP contribution in [0.1, 0.15) is 27.2 Å². The van der Waals surface area contributed by atoms with E-state index in [1.54, 1.807) is 36.0 Å². The summed E-state index contributed by atoms with van der Waals surface area (Å²) in [5.74, 6) is -0.367. The Morgan fingerprint density at radius 2 is 1.96 bits per heavy atom. The summed E-state index contributed by atoms with van der Waals surface area (Å²) in [5, 5.41) is 11.4. The van der Waals surface area contributed by atoms with Gasteiger partial charge in [-0.1, -0.05) is 6.07 Å². The van der Waals surface area contributed by atoms with Crippen LogP contribution in [0.5, 0.6) is 5.75 Å². The second-order valence-corrected chi connectivity index (χ2v) is 6.39. The van der Waals surface area contributed by atoms with Gasteiger partial charge in [0.15, 0.2) is 5.65 Å². The first-order valence-corrected chi connectivity index (χ1v) is 8.10. The Morgan fingerprint density at radius 3 is 2.65 bits per heavy atom. The largest absolute Gasteiger partial charge is 0.508 e. The molecule has 3 aromatic heterocycles. The molecule has 0 aliphatic rings. The van der Waals surface area contributed by atoms with Crippen LogP contribution in [0.4, 0.5) is 5.82 Å². The van der Waals surface area contributed by atoms with Crippen LogP contribution < -0.4 is 11.5 Å². The monoisotopic (exact) mass is 350 g/mol. The number of amides is 1. The van der Waals surface area contributed by atoms with Crippen molar-refractivity contribution < 1.29 is 14.3 Å². The molecule has 26 heavy (non-hydrogen) atoms. The highest BCUT2D eigenvalue weighted by atomic mass is 16.3. The highest BCUT2D eigenvalue weighted by Crippen LogP contribution is 2.39. The summed E-state index contributed by atoms with van der Waals surface area (Å²) in [6.07, 6.45) is 1.54. The van der Waals surface area contributed by atoms with Gasteiger partial charge in [-0.15, -0.1) is 0 Å². The number of aromatic nitrogens is 2. The van der Waals surface area contributed by atoms with Crippen LogP contribution in [0.15, 0.2) is 28.9 Å². The van der Waals surface area contributed by atoms with Crippen molar-refractivity contribution in [3.8, 4) is 11.4 Å². The van der Waals surface area contributed by atoms with Crippen molar-refractivity contribution in [2.24, 2.45) is 5.73 Å². The van der Waals surface area contributed by atoms with Crippen LogP contribution >= 0.6 is 0 Å². The predicted octanol–water partition coefficient (Wildman–Crippen LogP) is 3.08. The van der Waals surface area contributed by atoms with Crippen LogP contribution in [0.3, 0.4) is 0 Å². The van der Waals surface area contributed by atoms with Gasteiger partial charge in [-0.2, -0.15) is 0 Å². The first kappa shape index (κ1) is 16.0. The van der Waals surface area contributed by atoms with E-state index in [-0.39, 0.29) is 17.1 Å². The Balaban J connectivity index is 2.29. The lowest BCUT2D eigenvalue weighted by Gasteiger charge is -2.15. The van der Waals surface area contributed by atoms with E-state index >= 15 is 0 Å². The van der Waals surface area contributed by atoms with Crippen LogP contribution in [0, 0.1) is 20.8 Å². The number of hydrogen-bond donors (Lipinski definition) is 3. The zero-order valence-electron chi connectivity index (χ0n) is 14.6. The molecule has 1 amide bonds. The fourth-order valence-electron chi connectivity index (χ4n) is 3.55. The third kappa shape index (κ3) is 1.94. The van der Waals surface area contributed by atoms with Gasteiger partial charge in [0.1, 0.15) is 17.2 Å². The zero-order chi connectivity index (χ0) is 18.7. The minimum Gasteiger partial charge on any atom is -0.508 e. The summed E-state index contributed by atoms with van der Waals surface area (Å²) < 4.78 is 7.29. The number of hydrogen-bond acceptors (Lipinski definition) is 5. The van der Waals surface area contributed by atoms with Crippen molar-refractivity contribution in [2.45, 2.75) is 20.8 Å². The van der Waals surface area contributed by atoms with E-state index in [2.05, 4.69) is 4.98 Å². The quantitative estimate of drug-likeness (QED) is 0.513. The number of aromatic hydroxyl groups is 1. The molecule has 1 aromatic carbocycles. The van der Waals surface area contributed by atoms with E-state index in [0.29, 0.717) is 27.9 Å². The number of rotatable bonds is 2. The van der Waals surface area contributed by atoms with Crippen molar-refractivity contribution in [3.05, 3.63) is 46.8 Å². The van der Waals surface area contributed by atoms with Crippen LogP contribution in [0.25, 0.3) is 27.7 Å². The van der Waals surface area contributed by atoms with E-state index in [9.17, 15) is 9.90 Å². The van der Waals surface area contributed by atoms with Gasteiger partial charge in [0.2, 0.25) is 0 Å². The summed E-state index contributed by atoms with van der Waals surface area (Å²) >= 11 is 0. The first-order valence-electron chi connectivity index (χ1n) is 8.10. The molecule has 132 valence electrons. The van der Waals surface area contributed by atoms with Gasteiger partial charge in [-0.3, -0.25) is 9.36 Å². The maximum absolute atomic E-state index is 12.2. The van der Waals surface area contributed by atoms with Gasteiger partial charge in [0.05, 0.1) is 28.6 Å². The molecule has 3 heterocycles. The SMILES string of the molecule is Cc1ccc(O)c(C)c1-n1c(N)c(C(N)=O)c2c3occc3c(C)nc21. The molecule has 7 nitrogen and oxygen atoms in total. The Labute approximate surface area is 148 Å². The van der Waals surface area contributed by atoms with Crippen molar-refractivity contribution in [3.63, 3.8) is 0 Å². The number of fused-ring (bicyclic) bond motifs is 3. The number of furan rings is 1. The summed E-state index contributed by atoms with van der Waals surface area (Å²) in [6.45, 7) is 5.54. The van der Waals surface area contributed by atoms with Crippen LogP contribution in [-0.4, -0.2) is 20.6 Å². The number of carbonyl (C=O) groups excluding carboxylic acids is 1. The highest BCUT2D eigenvalue weighted by Gasteiger charge is 2.27. The van der Waals surface area contributed by atoms with E-state index in [1.165, 1.54) is 0 Å². The lowest BCUT2D eigenvalue weighted by molar-refractivity contribution is 0.100. The molecule has 0 radical (unpaired) electrons. The van der Waals surface area contributed by atoms with E-state index in [0.717, 1.165) is 16.6 Å². The van der Waals surface area contributed by atoms with Gasteiger partial charge < -0.3 is 21.0 Å².